The third-order valence-corrected chi connectivity index (χ3v) is 8.22. The van der Waals surface area contributed by atoms with Crippen molar-refractivity contribution in [1.82, 2.24) is 0 Å². The van der Waals surface area contributed by atoms with Gasteiger partial charge >= 0.3 is 0 Å². The van der Waals surface area contributed by atoms with Gasteiger partial charge in [-0.2, -0.15) is 0 Å². The van der Waals surface area contributed by atoms with Gasteiger partial charge in [-0.25, -0.2) is 0 Å². The highest BCUT2D eigenvalue weighted by Gasteiger charge is 2.45. The Morgan fingerprint density at radius 3 is 2.62 bits per heavy atom. The zero-order valence-electron chi connectivity index (χ0n) is 19.5. The zero-order chi connectivity index (χ0) is 21.2. The van der Waals surface area contributed by atoms with Crippen molar-refractivity contribution in [2.45, 2.75) is 111 Å². The third-order valence-electron chi connectivity index (χ3n) is 8.22. The minimum atomic E-state index is -0.772. The predicted molar refractivity (Wildman–Crippen MR) is 123 cm³/mol. The predicted octanol–water partition coefficient (Wildman–Crippen LogP) is 6.73. The van der Waals surface area contributed by atoms with Crippen molar-refractivity contribution in [2.24, 2.45) is 23.2 Å². The van der Waals surface area contributed by atoms with E-state index in [-0.39, 0.29) is 6.10 Å². The van der Waals surface area contributed by atoms with Crippen LogP contribution in [0.25, 0.3) is 0 Å². The molecule has 0 saturated heterocycles. The monoisotopic (exact) mass is 400 g/mol. The fourth-order valence-electron chi connectivity index (χ4n) is 6.25. The van der Waals surface area contributed by atoms with Gasteiger partial charge in [0.1, 0.15) is 0 Å². The standard InChI is InChI=1S/C27H44O2/c1-19(2)8-6-9-20(3)24-13-14-25-21(10-7-16-26(24,25)4)11-12-22-18-23(28)15-17-27(22,5)29/h11-12,14,19-20,23-24,28-29H,6-10,13,15-18H2,1-5H3/b21-11+,22-12+/t20-,23+,24-,26-,27+/m1/s1. The van der Waals surface area contributed by atoms with E-state index in [4.69, 9.17) is 0 Å². The molecule has 0 amide bonds. The number of rotatable bonds is 6. The van der Waals surface area contributed by atoms with E-state index in [9.17, 15) is 10.2 Å². The van der Waals surface area contributed by atoms with Crippen molar-refractivity contribution in [3.8, 4) is 0 Å². The maximum atomic E-state index is 10.7. The van der Waals surface area contributed by atoms with Crippen LogP contribution >= 0.6 is 0 Å². The van der Waals surface area contributed by atoms with Crippen molar-refractivity contribution in [2.75, 3.05) is 0 Å². The second-order valence-corrected chi connectivity index (χ2v) is 11.1. The van der Waals surface area contributed by atoms with Gasteiger partial charge in [0.05, 0.1) is 11.7 Å². The van der Waals surface area contributed by atoms with Crippen molar-refractivity contribution < 1.29 is 10.2 Å². The Balaban J connectivity index is 1.74. The van der Waals surface area contributed by atoms with Crippen LogP contribution in [-0.2, 0) is 0 Å². The second kappa shape index (κ2) is 9.10. The Labute approximate surface area is 179 Å². The normalized spacial score (nSPS) is 39.1. The number of hydrogen-bond acceptors (Lipinski definition) is 2. The summed E-state index contributed by atoms with van der Waals surface area (Å²) < 4.78 is 0. The first-order valence-electron chi connectivity index (χ1n) is 12.1. The first kappa shape index (κ1) is 22.8. The summed E-state index contributed by atoms with van der Waals surface area (Å²) in [6, 6.07) is 0. The lowest BCUT2D eigenvalue weighted by molar-refractivity contribution is 0.0282. The van der Waals surface area contributed by atoms with Crippen LogP contribution in [0.4, 0.5) is 0 Å². The van der Waals surface area contributed by atoms with Gasteiger partial charge in [-0.3, -0.25) is 0 Å². The molecule has 2 saturated carbocycles. The molecule has 2 N–H and O–H groups in total. The minimum absolute atomic E-state index is 0.307. The molecule has 164 valence electrons. The second-order valence-electron chi connectivity index (χ2n) is 11.1. The summed E-state index contributed by atoms with van der Waals surface area (Å²) in [5.74, 6) is 2.35. The highest BCUT2D eigenvalue weighted by atomic mass is 16.3. The zero-order valence-corrected chi connectivity index (χ0v) is 19.5. The Bertz CT molecular complexity index is 666. The van der Waals surface area contributed by atoms with Gasteiger partial charge in [0.2, 0.25) is 0 Å². The van der Waals surface area contributed by atoms with Crippen molar-refractivity contribution >= 4 is 0 Å². The fourth-order valence-corrected chi connectivity index (χ4v) is 6.25. The number of fused-ring (bicyclic) bond motifs is 1. The molecule has 5 atom stereocenters. The highest BCUT2D eigenvalue weighted by molar-refractivity contribution is 5.45. The fraction of sp³-hybridized carbons (Fsp3) is 0.778. The lowest BCUT2D eigenvalue weighted by atomic mass is 9.62. The maximum absolute atomic E-state index is 10.7. The van der Waals surface area contributed by atoms with Crippen molar-refractivity contribution in [1.29, 1.82) is 0 Å². The highest BCUT2D eigenvalue weighted by Crippen LogP contribution is 2.57. The molecule has 29 heavy (non-hydrogen) atoms. The molecule has 0 unspecified atom stereocenters. The topological polar surface area (TPSA) is 40.5 Å². The van der Waals surface area contributed by atoms with Gasteiger partial charge < -0.3 is 10.2 Å². The van der Waals surface area contributed by atoms with Crippen LogP contribution in [-0.4, -0.2) is 21.9 Å². The molecule has 2 heteroatoms. The van der Waals surface area contributed by atoms with Crippen molar-refractivity contribution in [3.05, 3.63) is 34.9 Å². The van der Waals surface area contributed by atoms with E-state index in [1.165, 1.54) is 44.1 Å². The molecular weight excluding hydrogens is 356 g/mol. The smallest absolute Gasteiger partial charge is 0.0833 e. The molecule has 2 fully saturated rings. The molecule has 0 aromatic carbocycles. The van der Waals surface area contributed by atoms with Crippen LogP contribution in [0.15, 0.2) is 34.9 Å². The maximum Gasteiger partial charge on any atom is 0.0833 e. The van der Waals surface area contributed by atoms with Gasteiger partial charge in [-0.05, 0) is 91.8 Å². The van der Waals surface area contributed by atoms with E-state index in [2.05, 4.69) is 45.9 Å². The molecule has 0 heterocycles. The molecular formula is C27H44O2. The molecule has 3 rings (SSSR count). The summed E-state index contributed by atoms with van der Waals surface area (Å²) in [7, 11) is 0. The van der Waals surface area contributed by atoms with E-state index in [0.717, 1.165) is 29.7 Å². The summed E-state index contributed by atoms with van der Waals surface area (Å²) in [6.07, 6.45) is 17.6. The number of hydrogen-bond donors (Lipinski definition) is 2. The van der Waals surface area contributed by atoms with Crippen LogP contribution in [0.1, 0.15) is 98.8 Å². The lowest BCUT2D eigenvalue weighted by Crippen LogP contribution is -2.35. The van der Waals surface area contributed by atoms with Gasteiger partial charge in [-0.1, -0.05) is 65.2 Å². The SMILES string of the molecule is CC(C)CCC[C@@H](C)[C@H]1CC=C2/C(=C/C=C3\C[C@@H](O)CC[C@]3(C)O)CCC[C@@]21C. The number of aliphatic hydroxyl groups is 2. The van der Waals surface area contributed by atoms with Crippen LogP contribution < -0.4 is 0 Å². The molecule has 3 aliphatic carbocycles. The summed E-state index contributed by atoms with van der Waals surface area (Å²) in [4.78, 5) is 0. The minimum Gasteiger partial charge on any atom is -0.393 e. The lowest BCUT2D eigenvalue weighted by Gasteiger charge is -2.42. The van der Waals surface area contributed by atoms with Crippen molar-refractivity contribution in [3.63, 3.8) is 0 Å². The Kier molecular flexibility index (Phi) is 7.16. The molecule has 0 aliphatic heterocycles. The van der Waals surface area contributed by atoms with Crippen LogP contribution in [0.3, 0.4) is 0 Å². The Hall–Kier alpha value is -0.860. The van der Waals surface area contributed by atoms with Crippen LogP contribution in [0.2, 0.25) is 0 Å². The quantitative estimate of drug-likeness (QED) is 0.518. The van der Waals surface area contributed by atoms with Gasteiger partial charge in [0.15, 0.2) is 0 Å². The molecule has 0 aromatic rings. The van der Waals surface area contributed by atoms with E-state index >= 15 is 0 Å². The molecule has 3 aliphatic rings. The van der Waals surface area contributed by atoms with Gasteiger partial charge in [0, 0.05) is 0 Å². The molecule has 2 nitrogen and oxygen atoms in total. The van der Waals surface area contributed by atoms with Gasteiger partial charge in [0.25, 0.3) is 0 Å². The first-order valence-corrected chi connectivity index (χ1v) is 12.1. The molecule has 0 aromatic heterocycles. The molecule has 0 radical (unpaired) electrons. The largest absolute Gasteiger partial charge is 0.393 e. The average Bonchev–Trinajstić information content (AvgIpc) is 3.00. The number of aliphatic hydroxyl groups excluding tert-OH is 1. The summed E-state index contributed by atoms with van der Waals surface area (Å²) in [6.45, 7) is 11.6. The van der Waals surface area contributed by atoms with Crippen LogP contribution in [0, 0.1) is 23.2 Å². The summed E-state index contributed by atoms with van der Waals surface area (Å²) in [5.41, 5.74) is 3.59. The summed E-state index contributed by atoms with van der Waals surface area (Å²) in [5, 5.41) is 20.8. The summed E-state index contributed by atoms with van der Waals surface area (Å²) >= 11 is 0. The van der Waals surface area contributed by atoms with E-state index in [1.807, 2.05) is 6.92 Å². The van der Waals surface area contributed by atoms with E-state index in [1.54, 1.807) is 5.57 Å². The van der Waals surface area contributed by atoms with E-state index < -0.39 is 5.60 Å². The Morgan fingerprint density at radius 1 is 1.14 bits per heavy atom. The molecule has 0 spiro atoms. The average molecular weight is 401 g/mol. The first-order chi connectivity index (χ1) is 13.6. The van der Waals surface area contributed by atoms with Crippen LogP contribution in [0.5, 0.6) is 0 Å². The van der Waals surface area contributed by atoms with E-state index in [0.29, 0.717) is 24.7 Å². The number of allylic oxidation sites excluding steroid dienone is 5. The molecule has 0 bridgehead atoms. The Morgan fingerprint density at radius 2 is 1.90 bits per heavy atom. The third kappa shape index (κ3) is 5.07. The van der Waals surface area contributed by atoms with Gasteiger partial charge in [-0.15, -0.1) is 0 Å².